The summed E-state index contributed by atoms with van der Waals surface area (Å²) in [7, 11) is 0. The molecule has 1 aromatic carbocycles. The molecule has 0 atom stereocenters. The van der Waals surface area contributed by atoms with Crippen molar-refractivity contribution in [2.75, 3.05) is 18.5 Å². The van der Waals surface area contributed by atoms with Crippen molar-refractivity contribution in [3.63, 3.8) is 0 Å². The molecule has 0 aliphatic carbocycles. The van der Waals surface area contributed by atoms with Gasteiger partial charge in [0.2, 0.25) is 0 Å². The van der Waals surface area contributed by atoms with Gasteiger partial charge in [-0.1, -0.05) is 31.5 Å². The first kappa shape index (κ1) is 16.7. The van der Waals surface area contributed by atoms with Crippen LogP contribution in [0.4, 0.5) is 5.69 Å². The minimum Gasteiger partial charge on any atom is -0.361 e. The van der Waals surface area contributed by atoms with Gasteiger partial charge in [-0.25, -0.2) is 0 Å². The molecule has 1 aromatic rings. The van der Waals surface area contributed by atoms with Gasteiger partial charge in [-0.2, -0.15) is 0 Å². The summed E-state index contributed by atoms with van der Waals surface area (Å²) in [5.74, 6) is -0.482. The Morgan fingerprint density at radius 3 is 2.73 bits per heavy atom. The number of ether oxygens (including phenoxy) is 2. The van der Waals surface area contributed by atoms with E-state index in [1.54, 1.807) is 6.20 Å². The molecule has 1 heterocycles. The van der Waals surface area contributed by atoms with Crippen LogP contribution in [0.2, 0.25) is 0 Å². The van der Waals surface area contributed by atoms with Crippen molar-refractivity contribution in [2.45, 2.75) is 45.3 Å². The van der Waals surface area contributed by atoms with Gasteiger partial charge in [-0.15, -0.1) is 0 Å². The highest BCUT2D eigenvalue weighted by Gasteiger charge is 2.36. The van der Waals surface area contributed by atoms with Crippen molar-refractivity contribution in [3.8, 4) is 0 Å². The van der Waals surface area contributed by atoms with Crippen LogP contribution in [0.25, 0.3) is 0 Å². The molecule has 0 aromatic heterocycles. The number of unbranched alkanes of at least 4 members (excludes halogenated alkanes) is 1. The third-order valence-electron chi connectivity index (χ3n) is 3.76. The molecule has 0 spiro atoms. The van der Waals surface area contributed by atoms with Gasteiger partial charge in [0.15, 0.2) is 11.6 Å². The molecule has 0 saturated carbocycles. The Kier molecular flexibility index (Phi) is 6.16. The van der Waals surface area contributed by atoms with Crippen molar-refractivity contribution >= 4 is 11.5 Å². The Morgan fingerprint density at radius 2 is 2.05 bits per heavy atom. The summed E-state index contributed by atoms with van der Waals surface area (Å²) in [5, 5.41) is 3.18. The second-order valence-electron chi connectivity index (χ2n) is 5.63. The van der Waals surface area contributed by atoms with Crippen LogP contribution in [0.3, 0.4) is 0 Å². The maximum atomic E-state index is 11.0. The summed E-state index contributed by atoms with van der Waals surface area (Å²) in [4.78, 5) is 11.0. The molecule has 1 saturated heterocycles. The summed E-state index contributed by atoms with van der Waals surface area (Å²) < 4.78 is 11.8. The van der Waals surface area contributed by atoms with Crippen LogP contribution in [-0.4, -0.2) is 24.8 Å². The fourth-order valence-electron chi connectivity index (χ4n) is 2.63. The number of rotatable bonds is 8. The van der Waals surface area contributed by atoms with Crippen LogP contribution < -0.4 is 5.32 Å². The lowest BCUT2D eigenvalue weighted by Gasteiger charge is -2.28. The minimum absolute atomic E-state index is 0.0202. The van der Waals surface area contributed by atoms with E-state index in [0.717, 1.165) is 30.5 Å². The maximum Gasteiger partial charge on any atom is 0.172 e. The van der Waals surface area contributed by atoms with Gasteiger partial charge in [0.25, 0.3) is 0 Å². The summed E-state index contributed by atoms with van der Waals surface area (Å²) >= 11 is 0. The van der Waals surface area contributed by atoms with Crippen molar-refractivity contribution in [3.05, 3.63) is 42.1 Å². The van der Waals surface area contributed by atoms with Crippen LogP contribution in [0.5, 0.6) is 0 Å². The number of benzene rings is 1. The lowest BCUT2D eigenvalue weighted by Crippen LogP contribution is -2.33. The highest BCUT2D eigenvalue weighted by Crippen LogP contribution is 2.32. The molecular weight excluding hydrogens is 278 g/mol. The summed E-state index contributed by atoms with van der Waals surface area (Å²) in [6.07, 6.45) is 7.02. The Hall–Kier alpha value is -1.65. The Bertz CT molecular complexity index is 519. The molecule has 0 bridgehead atoms. The Labute approximate surface area is 132 Å². The highest BCUT2D eigenvalue weighted by atomic mass is 16.7. The molecule has 0 unspecified atom stereocenters. The topological polar surface area (TPSA) is 47.6 Å². The van der Waals surface area contributed by atoms with Crippen LogP contribution in [0.1, 0.15) is 38.7 Å². The summed E-state index contributed by atoms with van der Waals surface area (Å²) in [6, 6.07) is 8.06. The Balaban J connectivity index is 2.11. The van der Waals surface area contributed by atoms with E-state index in [1.807, 2.05) is 18.2 Å². The molecule has 120 valence electrons. The van der Waals surface area contributed by atoms with E-state index in [-0.39, 0.29) is 5.78 Å². The molecule has 1 fully saturated rings. The van der Waals surface area contributed by atoms with Crippen LogP contribution in [0.15, 0.2) is 36.5 Å². The van der Waals surface area contributed by atoms with Crippen LogP contribution in [0, 0.1) is 0 Å². The van der Waals surface area contributed by atoms with Crippen molar-refractivity contribution in [1.29, 1.82) is 0 Å². The average Bonchev–Trinajstić information content (AvgIpc) is 2.95. The average molecular weight is 303 g/mol. The predicted octanol–water partition coefficient (Wildman–Crippen LogP) is 3.68. The zero-order valence-electron chi connectivity index (χ0n) is 13.4. The predicted molar refractivity (Wildman–Crippen MR) is 87.7 cm³/mol. The van der Waals surface area contributed by atoms with Crippen molar-refractivity contribution < 1.29 is 14.3 Å². The van der Waals surface area contributed by atoms with Crippen LogP contribution in [-0.2, 0) is 20.7 Å². The van der Waals surface area contributed by atoms with Gasteiger partial charge in [0.05, 0.1) is 13.2 Å². The summed E-state index contributed by atoms with van der Waals surface area (Å²) in [5.41, 5.74) is 2.11. The smallest absolute Gasteiger partial charge is 0.172 e. The van der Waals surface area contributed by atoms with Gasteiger partial charge < -0.3 is 14.8 Å². The fraction of sp³-hybridized carbons (Fsp3) is 0.500. The normalized spacial score (nSPS) is 17.0. The monoisotopic (exact) mass is 303 g/mol. The van der Waals surface area contributed by atoms with E-state index in [1.165, 1.54) is 13.0 Å². The third-order valence-corrected chi connectivity index (χ3v) is 3.76. The van der Waals surface area contributed by atoms with Gasteiger partial charge in [-0.05, 0) is 31.1 Å². The minimum atomic E-state index is -0.502. The SMILES string of the molecule is CCCCC1(Cc2ccccc2NC=CC(C)=O)OCCO1. The molecule has 4 heteroatoms. The molecular formula is C18H25NO3. The highest BCUT2D eigenvalue weighted by molar-refractivity contribution is 5.87. The zero-order chi connectivity index (χ0) is 15.8. The van der Waals surface area contributed by atoms with Gasteiger partial charge in [0.1, 0.15) is 0 Å². The number of allylic oxidation sites excluding steroid dienone is 1. The first-order valence-corrected chi connectivity index (χ1v) is 7.95. The zero-order valence-corrected chi connectivity index (χ0v) is 13.4. The largest absolute Gasteiger partial charge is 0.361 e. The molecule has 0 radical (unpaired) electrons. The van der Waals surface area contributed by atoms with Gasteiger partial charge >= 0.3 is 0 Å². The van der Waals surface area contributed by atoms with E-state index in [0.29, 0.717) is 19.6 Å². The number of hydrogen-bond acceptors (Lipinski definition) is 4. The quantitative estimate of drug-likeness (QED) is 0.744. The maximum absolute atomic E-state index is 11.0. The number of anilines is 1. The number of para-hydroxylation sites is 1. The van der Waals surface area contributed by atoms with Gasteiger partial charge in [-0.3, -0.25) is 4.79 Å². The lowest BCUT2D eigenvalue weighted by molar-refractivity contribution is -0.161. The van der Waals surface area contributed by atoms with E-state index in [2.05, 4.69) is 18.3 Å². The number of carbonyl (C=O) groups is 1. The molecule has 0 amide bonds. The van der Waals surface area contributed by atoms with E-state index < -0.39 is 5.79 Å². The third kappa shape index (κ3) is 4.68. The molecule has 2 rings (SSSR count). The number of ketones is 1. The molecule has 1 aliphatic heterocycles. The van der Waals surface area contributed by atoms with Crippen molar-refractivity contribution in [1.82, 2.24) is 0 Å². The summed E-state index contributed by atoms with van der Waals surface area (Å²) in [6.45, 7) is 5.02. The second-order valence-corrected chi connectivity index (χ2v) is 5.63. The molecule has 22 heavy (non-hydrogen) atoms. The number of carbonyl (C=O) groups excluding carboxylic acids is 1. The molecule has 1 N–H and O–H groups in total. The van der Waals surface area contributed by atoms with Crippen molar-refractivity contribution in [2.24, 2.45) is 0 Å². The second kappa shape index (κ2) is 8.11. The van der Waals surface area contributed by atoms with E-state index in [9.17, 15) is 4.79 Å². The molecule has 1 aliphatic rings. The molecule has 4 nitrogen and oxygen atoms in total. The van der Waals surface area contributed by atoms with Gasteiger partial charge in [0, 0.05) is 24.7 Å². The van der Waals surface area contributed by atoms with E-state index >= 15 is 0 Å². The van der Waals surface area contributed by atoms with E-state index in [4.69, 9.17) is 9.47 Å². The fourth-order valence-corrected chi connectivity index (χ4v) is 2.63. The number of hydrogen-bond donors (Lipinski definition) is 1. The van der Waals surface area contributed by atoms with Crippen LogP contribution >= 0.6 is 0 Å². The Morgan fingerprint density at radius 1 is 1.32 bits per heavy atom. The number of nitrogens with one attached hydrogen (secondary N) is 1. The first-order valence-electron chi connectivity index (χ1n) is 7.95. The standard InChI is InChI=1S/C18H25NO3/c1-3-4-10-18(21-12-13-22-18)14-16-7-5-6-8-17(16)19-11-9-15(2)20/h5-9,11,19H,3-4,10,12-14H2,1-2H3. The lowest BCUT2D eigenvalue weighted by atomic mass is 9.98. The first-order chi connectivity index (χ1) is 10.7.